The fraction of sp³-hybridized carbons (Fsp3) is 0.500. The smallest absolute Gasteiger partial charge is 0.243 e. The first-order chi connectivity index (χ1) is 12.4. The molecule has 1 aromatic carbocycles. The van der Waals surface area contributed by atoms with Crippen LogP contribution < -0.4 is 4.74 Å². The molecule has 2 aliphatic heterocycles. The summed E-state index contributed by atoms with van der Waals surface area (Å²) in [5, 5.41) is 13.9. The topological polar surface area (TPSA) is 84.7 Å². The normalized spacial score (nSPS) is 26.0. The number of aromatic nitrogens is 2. The SMILES string of the molecule is C[C@H]1Cc2cc(S(=O)(=O)N3C[C@@H](CO)[C@H](c4cnn(C)c4)C3)ccc2O1. The Labute approximate surface area is 153 Å². The molecule has 0 amide bonds. The van der Waals surface area contributed by atoms with Crippen LogP contribution in [-0.4, -0.2) is 53.4 Å². The van der Waals surface area contributed by atoms with Gasteiger partial charge in [0.25, 0.3) is 0 Å². The molecule has 0 spiro atoms. The van der Waals surface area contributed by atoms with E-state index in [1.165, 1.54) is 4.31 Å². The zero-order chi connectivity index (χ0) is 18.5. The molecule has 2 aromatic rings. The van der Waals surface area contributed by atoms with Crippen LogP contribution in [0.5, 0.6) is 5.75 Å². The predicted molar refractivity (Wildman–Crippen MR) is 95.5 cm³/mol. The van der Waals surface area contributed by atoms with Crippen molar-refractivity contribution in [1.82, 2.24) is 14.1 Å². The molecule has 1 saturated heterocycles. The predicted octanol–water partition coefficient (Wildman–Crippen LogP) is 1.14. The average molecular weight is 377 g/mol. The molecule has 8 heteroatoms. The molecule has 4 rings (SSSR count). The van der Waals surface area contributed by atoms with Gasteiger partial charge < -0.3 is 9.84 Å². The lowest BCUT2D eigenvalue weighted by atomic mass is 9.92. The number of hydrogen-bond acceptors (Lipinski definition) is 5. The van der Waals surface area contributed by atoms with Crippen molar-refractivity contribution in [3.63, 3.8) is 0 Å². The molecule has 0 radical (unpaired) electrons. The van der Waals surface area contributed by atoms with Crippen LogP contribution in [0, 0.1) is 5.92 Å². The summed E-state index contributed by atoms with van der Waals surface area (Å²) >= 11 is 0. The number of aliphatic hydroxyl groups is 1. The van der Waals surface area contributed by atoms with Crippen LogP contribution in [0.2, 0.25) is 0 Å². The number of hydrogen-bond donors (Lipinski definition) is 1. The minimum Gasteiger partial charge on any atom is -0.490 e. The molecule has 26 heavy (non-hydrogen) atoms. The lowest BCUT2D eigenvalue weighted by molar-refractivity contribution is 0.223. The molecule has 0 aliphatic carbocycles. The van der Waals surface area contributed by atoms with Crippen LogP contribution >= 0.6 is 0 Å². The van der Waals surface area contributed by atoms with E-state index in [0.29, 0.717) is 13.1 Å². The van der Waals surface area contributed by atoms with Crippen LogP contribution in [-0.2, 0) is 23.5 Å². The second kappa shape index (κ2) is 6.37. The highest BCUT2D eigenvalue weighted by Gasteiger charge is 2.40. The largest absolute Gasteiger partial charge is 0.490 e. The lowest BCUT2D eigenvalue weighted by Crippen LogP contribution is -2.29. The molecule has 1 N–H and O–H groups in total. The first kappa shape index (κ1) is 17.5. The minimum absolute atomic E-state index is 0.0544. The van der Waals surface area contributed by atoms with Crippen molar-refractivity contribution >= 4 is 10.0 Å². The number of aliphatic hydroxyl groups excluding tert-OH is 1. The summed E-state index contributed by atoms with van der Waals surface area (Å²) in [6.45, 7) is 2.58. The Balaban J connectivity index is 1.62. The molecular formula is C18H23N3O4S. The first-order valence-corrected chi connectivity index (χ1v) is 10.2. The van der Waals surface area contributed by atoms with Crippen molar-refractivity contribution in [3.8, 4) is 5.75 Å². The second-order valence-electron chi connectivity index (χ2n) is 7.22. The van der Waals surface area contributed by atoms with Gasteiger partial charge in [-0.25, -0.2) is 8.42 Å². The number of benzene rings is 1. The van der Waals surface area contributed by atoms with Gasteiger partial charge in [-0.15, -0.1) is 0 Å². The molecule has 1 fully saturated rings. The summed E-state index contributed by atoms with van der Waals surface area (Å²) in [5.74, 6) is 0.576. The van der Waals surface area contributed by atoms with Gasteiger partial charge in [0, 0.05) is 51.2 Å². The number of ether oxygens (including phenoxy) is 1. The van der Waals surface area contributed by atoms with E-state index in [1.54, 1.807) is 29.1 Å². The van der Waals surface area contributed by atoms with Crippen molar-refractivity contribution in [2.45, 2.75) is 30.3 Å². The Kier molecular flexibility index (Phi) is 4.29. The number of sulfonamides is 1. The summed E-state index contributed by atoms with van der Waals surface area (Å²) in [4.78, 5) is 0.289. The van der Waals surface area contributed by atoms with Gasteiger partial charge in [-0.1, -0.05) is 0 Å². The maximum Gasteiger partial charge on any atom is 0.243 e. The van der Waals surface area contributed by atoms with Gasteiger partial charge in [0.05, 0.1) is 11.1 Å². The number of rotatable bonds is 4. The summed E-state index contributed by atoms with van der Waals surface area (Å²) in [7, 11) is -1.79. The Morgan fingerprint density at radius 3 is 2.85 bits per heavy atom. The zero-order valence-electron chi connectivity index (χ0n) is 14.9. The Bertz CT molecular complexity index is 924. The number of aryl methyl sites for hydroxylation is 1. The summed E-state index contributed by atoms with van der Waals surface area (Å²) in [6, 6.07) is 5.07. The molecule has 0 saturated carbocycles. The van der Waals surface area contributed by atoms with Gasteiger partial charge >= 0.3 is 0 Å². The highest BCUT2D eigenvalue weighted by molar-refractivity contribution is 7.89. The molecule has 2 aliphatic rings. The maximum atomic E-state index is 13.1. The monoisotopic (exact) mass is 377 g/mol. The highest BCUT2D eigenvalue weighted by Crippen LogP contribution is 2.37. The van der Waals surface area contributed by atoms with E-state index in [0.717, 1.165) is 23.3 Å². The Hall–Kier alpha value is -1.90. The van der Waals surface area contributed by atoms with Gasteiger partial charge in [0.2, 0.25) is 10.0 Å². The van der Waals surface area contributed by atoms with E-state index in [-0.39, 0.29) is 29.4 Å². The molecule has 3 heterocycles. The Morgan fingerprint density at radius 1 is 1.35 bits per heavy atom. The van der Waals surface area contributed by atoms with Crippen molar-refractivity contribution in [2.24, 2.45) is 13.0 Å². The van der Waals surface area contributed by atoms with E-state index in [2.05, 4.69) is 5.10 Å². The van der Waals surface area contributed by atoms with E-state index in [4.69, 9.17) is 4.74 Å². The van der Waals surface area contributed by atoms with Gasteiger partial charge in [-0.05, 0) is 36.2 Å². The van der Waals surface area contributed by atoms with Gasteiger partial charge in [0.1, 0.15) is 11.9 Å². The Morgan fingerprint density at radius 2 is 2.15 bits per heavy atom. The van der Waals surface area contributed by atoms with Crippen molar-refractivity contribution < 1.29 is 18.3 Å². The second-order valence-corrected chi connectivity index (χ2v) is 9.16. The maximum absolute atomic E-state index is 13.1. The summed E-state index contributed by atoms with van der Waals surface area (Å²) in [5.41, 5.74) is 1.89. The third-order valence-electron chi connectivity index (χ3n) is 5.30. The van der Waals surface area contributed by atoms with Crippen LogP contribution in [0.25, 0.3) is 0 Å². The van der Waals surface area contributed by atoms with Gasteiger partial charge in [0.15, 0.2) is 0 Å². The third-order valence-corrected chi connectivity index (χ3v) is 7.13. The molecule has 7 nitrogen and oxygen atoms in total. The standard InChI is InChI=1S/C18H23N3O4S/c1-12-5-13-6-16(3-4-18(13)25-12)26(23,24)21-9-15(11-22)17(10-21)14-7-19-20(2)8-14/h3-4,6-8,12,15,17,22H,5,9-11H2,1-2H3/t12-,15-,17-/m0/s1. The van der Waals surface area contributed by atoms with E-state index >= 15 is 0 Å². The fourth-order valence-electron chi connectivity index (χ4n) is 3.93. The molecule has 1 aromatic heterocycles. The van der Waals surface area contributed by atoms with E-state index in [9.17, 15) is 13.5 Å². The molecule has 0 unspecified atom stereocenters. The zero-order valence-corrected chi connectivity index (χ0v) is 15.7. The number of nitrogens with zero attached hydrogens (tertiary/aromatic N) is 3. The molecular weight excluding hydrogens is 354 g/mol. The third kappa shape index (κ3) is 2.91. The summed E-state index contributed by atoms with van der Waals surface area (Å²) in [6.07, 6.45) is 4.43. The summed E-state index contributed by atoms with van der Waals surface area (Å²) < 4.78 is 35.1. The first-order valence-electron chi connectivity index (χ1n) is 8.77. The van der Waals surface area contributed by atoms with Crippen LogP contribution in [0.3, 0.4) is 0 Å². The average Bonchev–Trinajstić information content (AvgIpc) is 3.30. The van der Waals surface area contributed by atoms with Crippen LogP contribution in [0.15, 0.2) is 35.5 Å². The van der Waals surface area contributed by atoms with Gasteiger partial charge in [-0.3, -0.25) is 4.68 Å². The number of fused-ring (bicyclic) bond motifs is 1. The molecule has 140 valence electrons. The van der Waals surface area contributed by atoms with Crippen molar-refractivity contribution in [1.29, 1.82) is 0 Å². The van der Waals surface area contributed by atoms with Crippen molar-refractivity contribution in [2.75, 3.05) is 19.7 Å². The molecule has 3 atom stereocenters. The van der Waals surface area contributed by atoms with Crippen LogP contribution in [0.1, 0.15) is 24.0 Å². The quantitative estimate of drug-likeness (QED) is 0.864. The van der Waals surface area contributed by atoms with Crippen molar-refractivity contribution in [3.05, 3.63) is 41.7 Å². The molecule has 0 bridgehead atoms. The lowest BCUT2D eigenvalue weighted by Gasteiger charge is -2.17. The minimum atomic E-state index is -3.62. The van der Waals surface area contributed by atoms with E-state index < -0.39 is 10.0 Å². The highest BCUT2D eigenvalue weighted by atomic mass is 32.2. The van der Waals surface area contributed by atoms with Gasteiger partial charge in [-0.2, -0.15) is 9.40 Å². The van der Waals surface area contributed by atoms with E-state index in [1.807, 2.05) is 20.2 Å². The fourth-order valence-corrected chi connectivity index (χ4v) is 5.50. The van der Waals surface area contributed by atoms with Crippen LogP contribution in [0.4, 0.5) is 0 Å².